The number of carbonyl (C=O) groups is 3. The Hall–Kier alpha value is -3.38. The smallest absolute Gasteiger partial charge is 0.427 e. The van der Waals surface area contributed by atoms with Gasteiger partial charge >= 0.3 is 11.8 Å². The van der Waals surface area contributed by atoms with Crippen LogP contribution in [-0.4, -0.2) is 55.8 Å². The van der Waals surface area contributed by atoms with Gasteiger partial charge in [0.25, 0.3) is 5.56 Å². The number of ether oxygens (including phenoxy) is 1. The summed E-state index contributed by atoms with van der Waals surface area (Å²) in [6, 6.07) is 0. The van der Waals surface area contributed by atoms with Gasteiger partial charge in [-0.25, -0.2) is 19.7 Å². The van der Waals surface area contributed by atoms with E-state index in [1.54, 1.807) is 24.1 Å². The molecule has 38 heavy (non-hydrogen) atoms. The second-order valence-electron chi connectivity index (χ2n) is 11.3. The normalized spacial score (nSPS) is 37.5. The molecule has 4 aliphatic rings. The Bertz CT molecular complexity index is 1400. The van der Waals surface area contributed by atoms with Gasteiger partial charge in [0.2, 0.25) is 11.6 Å². The van der Waals surface area contributed by atoms with E-state index in [1.165, 1.54) is 0 Å². The lowest BCUT2D eigenvalue weighted by atomic mass is 9.46. The molecule has 3 fully saturated rings. The first-order valence-corrected chi connectivity index (χ1v) is 12.6. The van der Waals surface area contributed by atoms with Gasteiger partial charge in [-0.15, -0.1) is 0 Å². The Balaban J connectivity index is 1.31. The van der Waals surface area contributed by atoms with Crippen molar-refractivity contribution < 1.29 is 33.7 Å². The topological polar surface area (TPSA) is 168 Å². The molecule has 3 saturated carbocycles. The van der Waals surface area contributed by atoms with Gasteiger partial charge < -0.3 is 14.9 Å². The first-order chi connectivity index (χ1) is 17.8. The second-order valence-corrected chi connectivity index (χ2v) is 11.3. The monoisotopic (exact) mass is 531 g/mol. The zero-order valence-electron chi connectivity index (χ0n) is 21.0. The molecule has 7 atom stereocenters. The largest absolute Gasteiger partial charge is 0.440 e. The van der Waals surface area contributed by atoms with Crippen LogP contribution >= 0.6 is 0 Å². The minimum atomic E-state index is -1.86. The summed E-state index contributed by atoms with van der Waals surface area (Å²) in [5.41, 5.74) is -2.79. The van der Waals surface area contributed by atoms with Crippen LogP contribution in [0.4, 0.5) is 9.18 Å². The minimum absolute atomic E-state index is 0.0109. The van der Waals surface area contributed by atoms with E-state index in [2.05, 4.69) is 0 Å². The molecule has 1 heterocycles. The SMILES string of the molecule is C[C@]12C=CC(=O)C=C1CCC1C2C(O)C[C@@]2(C)C1CC[C@]2(O)C(=O)COC(=O)Nn1cc(F)c(=O)[nH]c1=O. The van der Waals surface area contributed by atoms with Gasteiger partial charge in [-0.3, -0.25) is 19.4 Å². The lowest BCUT2D eigenvalue weighted by molar-refractivity contribution is -0.178. The number of fused-ring (bicyclic) bond motifs is 5. The Labute approximate surface area is 216 Å². The predicted molar refractivity (Wildman–Crippen MR) is 130 cm³/mol. The number of halogens is 1. The predicted octanol–water partition coefficient (Wildman–Crippen LogP) is 0.935. The summed E-state index contributed by atoms with van der Waals surface area (Å²) in [6.45, 7) is 3.01. The minimum Gasteiger partial charge on any atom is -0.440 e. The quantitative estimate of drug-likeness (QED) is 0.445. The molecule has 4 aliphatic carbocycles. The maximum absolute atomic E-state index is 13.4. The first-order valence-electron chi connectivity index (χ1n) is 12.6. The van der Waals surface area contributed by atoms with Crippen LogP contribution in [0.2, 0.25) is 0 Å². The molecule has 1 aromatic heterocycles. The number of aliphatic hydroxyl groups excluding tert-OH is 1. The van der Waals surface area contributed by atoms with Gasteiger partial charge in [0.1, 0.15) is 5.60 Å². The number of aromatic nitrogens is 2. The van der Waals surface area contributed by atoms with E-state index in [0.717, 1.165) is 12.0 Å². The number of nitrogens with zero attached hydrogens (tertiary/aromatic N) is 1. The van der Waals surface area contributed by atoms with Crippen LogP contribution in [0.3, 0.4) is 0 Å². The van der Waals surface area contributed by atoms with Crippen molar-refractivity contribution in [1.29, 1.82) is 0 Å². The Morgan fingerprint density at radius 1 is 1.26 bits per heavy atom. The maximum Gasteiger partial charge on any atom is 0.427 e. The molecule has 0 radical (unpaired) electrons. The molecule has 0 saturated heterocycles. The highest BCUT2D eigenvalue weighted by molar-refractivity contribution is 6.01. The molecule has 0 spiro atoms. The van der Waals surface area contributed by atoms with E-state index < -0.39 is 58.1 Å². The van der Waals surface area contributed by atoms with Crippen molar-refractivity contribution in [3.63, 3.8) is 0 Å². The van der Waals surface area contributed by atoms with E-state index in [9.17, 15) is 38.6 Å². The number of aromatic amines is 1. The van der Waals surface area contributed by atoms with Gasteiger partial charge in [0.05, 0.1) is 12.3 Å². The van der Waals surface area contributed by atoms with Crippen LogP contribution in [0.5, 0.6) is 0 Å². The molecule has 0 bridgehead atoms. The van der Waals surface area contributed by atoms with Crippen molar-refractivity contribution in [2.24, 2.45) is 28.6 Å². The van der Waals surface area contributed by atoms with Crippen LogP contribution < -0.4 is 16.7 Å². The summed E-state index contributed by atoms with van der Waals surface area (Å²) in [7, 11) is 0. The molecule has 4 N–H and O–H groups in total. The fourth-order valence-electron chi connectivity index (χ4n) is 7.70. The van der Waals surface area contributed by atoms with Crippen LogP contribution in [0.1, 0.15) is 46.0 Å². The van der Waals surface area contributed by atoms with Crippen LogP contribution in [0.25, 0.3) is 0 Å². The number of allylic oxidation sites excluding steroid dienone is 4. The van der Waals surface area contributed by atoms with Crippen LogP contribution in [0.15, 0.2) is 39.6 Å². The van der Waals surface area contributed by atoms with Gasteiger partial charge in [-0.05, 0) is 56.1 Å². The highest BCUT2D eigenvalue weighted by Crippen LogP contribution is 2.67. The van der Waals surface area contributed by atoms with E-state index >= 15 is 0 Å². The van der Waals surface area contributed by atoms with Crippen LogP contribution in [0, 0.1) is 34.4 Å². The van der Waals surface area contributed by atoms with Gasteiger partial charge in [-0.1, -0.05) is 25.5 Å². The molecular formula is C26H30FN3O8. The van der Waals surface area contributed by atoms with Crippen LogP contribution in [-0.2, 0) is 14.3 Å². The standard InChI is InChI=1S/C26H30FN3O8/c1-24-7-5-14(31)9-13(24)3-4-15-16-6-8-26(37,25(16,2)10-18(32)20(15)24)19(33)12-38-23(36)29-30-11-17(27)21(34)28-22(30)35/h5,7,9,11,15-16,18,20,32,37H,3-4,6,8,10,12H2,1-2H3,(H,29,36)(H,28,34,35)/t15?,16?,18?,20?,24-,25-,26-/m0/s1. The van der Waals surface area contributed by atoms with Crippen molar-refractivity contribution >= 4 is 17.7 Å². The number of amides is 1. The van der Waals surface area contributed by atoms with Gasteiger partial charge in [0.15, 0.2) is 12.4 Å². The van der Waals surface area contributed by atoms with Gasteiger partial charge in [-0.2, -0.15) is 4.39 Å². The molecule has 1 aromatic rings. The summed E-state index contributed by atoms with van der Waals surface area (Å²) in [5.74, 6) is -2.35. The summed E-state index contributed by atoms with van der Waals surface area (Å²) in [6.07, 6.45) is 5.68. The van der Waals surface area contributed by atoms with E-state index in [1.807, 2.05) is 18.4 Å². The fourth-order valence-corrected chi connectivity index (χ4v) is 7.70. The van der Waals surface area contributed by atoms with Crippen molar-refractivity contribution in [1.82, 2.24) is 9.66 Å². The van der Waals surface area contributed by atoms with Crippen molar-refractivity contribution in [3.8, 4) is 0 Å². The number of rotatable bonds is 4. The molecule has 1 amide bonds. The number of carbonyl (C=O) groups excluding carboxylic acids is 3. The number of ketones is 2. The molecular weight excluding hydrogens is 501 g/mol. The molecule has 11 nitrogen and oxygen atoms in total. The molecule has 204 valence electrons. The third-order valence-corrected chi connectivity index (χ3v) is 9.55. The number of Topliss-reactive ketones (excluding diaryl/α,β-unsaturated/α-hetero) is 1. The summed E-state index contributed by atoms with van der Waals surface area (Å²) in [4.78, 5) is 61.9. The average molecular weight is 532 g/mol. The Morgan fingerprint density at radius 3 is 2.74 bits per heavy atom. The highest BCUT2D eigenvalue weighted by Gasteiger charge is 2.68. The lowest BCUT2D eigenvalue weighted by Gasteiger charge is -2.59. The second kappa shape index (κ2) is 8.84. The van der Waals surface area contributed by atoms with Crippen molar-refractivity contribution in [3.05, 3.63) is 56.7 Å². The number of hydrogen-bond acceptors (Lipinski definition) is 8. The van der Waals surface area contributed by atoms with Gasteiger partial charge in [0, 0.05) is 16.7 Å². The lowest BCUT2D eigenvalue weighted by Crippen LogP contribution is -2.61. The number of H-pyrrole nitrogens is 1. The van der Waals surface area contributed by atoms with Crippen molar-refractivity contribution in [2.75, 3.05) is 12.0 Å². The van der Waals surface area contributed by atoms with E-state index in [4.69, 9.17) is 4.74 Å². The number of aliphatic hydroxyl groups is 2. The third-order valence-electron chi connectivity index (χ3n) is 9.55. The fraction of sp³-hybridized carbons (Fsp3) is 0.577. The van der Waals surface area contributed by atoms with E-state index in [-0.39, 0.29) is 36.4 Å². The first kappa shape index (κ1) is 26.2. The molecule has 12 heteroatoms. The summed E-state index contributed by atoms with van der Waals surface area (Å²) in [5, 5.41) is 23.1. The summed E-state index contributed by atoms with van der Waals surface area (Å²) >= 11 is 0. The average Bonchev–Trinajstić information content (AvgIpc) is 3.12. The number of hydrogen-bond donors (Lipinski definition) is 4. The maximum atomic E-state index is 13.4. The molecule has 5 rings (SSSR count). The zero-order chi connectivity index (χ0) is 27.6. The Kier molecular flexibility index (Phi) is 6.10. The zero-order valence-corrected chi connectivity index (χ0v) is 21.0. The van der Waals surface area contributed by atoms with E-state index in [0.29, 0.717) is 23.7 Å². The Morgan fingerprint density at radius 2 is 2.00 bits per heavy atom. The molecule has 0 aliphatic heterocycles. The molecule has 4 unspecified atom stereocenters. The van der Waals surface area contributed by atoms with Crippen molar-refractivity contribution in [2.45, 2.75) is 57.7 Å². The summed E-state index contributed by atoms with van der Waals surface area (Å²) < 4.78 is 18.7. The highest BCUT2D eigenvalue weighted by atomic mass is 19.1. The third kappa shape index (κ3) is 3.80. The molecule has 0 aromatic carbocycles. The number of nitrogens with one attached hydrogen (secondary N) is 2.